The van der Waals surface area contributed by atoms with Gasteiger partial charge in [0.2, 0.25) is 5.91 Å². The highest BCUT2D eigenvalue weighted by atomic mass is 32.1. The Morgan fingerprint density at radius 1 is 1.19 bits per heavy atom. The lowest BCUT2D eigenvalue weighted by atomic mass is 9.91. The zero-order valence-corrected chi connectivity index (χ0v) is 18.8. The number of likely N-dealkylation sites (tertiary alicyclic amines) is 1. The number of amides is 4. The van der Waals surface area contributed by atoms with Gasteiger partial charge in [0.15, 0.2) is 0 Å². The second kappa shape index (κ2) is 7.70. The van der Waals surface area contributed by atoms with Crippen molar-refractivity contribution >= 4 is 39.4 Å². The molecule has 1 N–H and O–H groups in total. The summed E-state index contributed by atoms with van der Waals surface area (Å²) in [6.45, 7) is 3.97. The fourth-order valence-corrected chi connectivity index (χ4v) is 5.62. The van der Waals surface area contributed by atoms with Crippen LogP contribution in [0.5, 0.6) is 0 Å². The molecule has 0 aliphatic carbocycles. The summed E-state index contributed by atoms with van der Waals surface area (Å²) in [7, 11) is 0. The smallest absolute Gasteiger partial charge is 0.325 e. The first-order valence-electron chi connectivity index (χ1n) is 10.7. The highest BCUT2D eigenvalue weighted by Crippen LogP contribution is 2.37. The van der Waals surface area contributed by atoms with Gasteiger partial charge in [0.25, 0.3) is 5.91 Å². The normalized spacial score (nSPS) is 23.2. The highest BCUT2D eigenvalue weighted by Gasteiger charge is 2.50. The second-order valence-electron chi connectivity index (χ2n) is 8.58. The van der Waals surface area contributed by atoms with E-state index in [2.05, 4.69) is 5.32 Å². The Balaban J connectivity index is 1.35. The molecule has 2 atom stereocenters. The summed E-state index contributed by atoms with van der Waals surface area (Å²) in [5, 5.41) is 3.68. The standard InChI is InChI=1S/C24H24N4O3S/c1-15-9-11-16(12-10-15)24(2)22(30)28(23(31)26-24)14-20(29)27-13-5-7-18(27)21-25-17-6-3-4-8-19(17)32-21/h3-4,6,8-12,18H,5,7,13-14H2,1-2H3,(H,26,31). The van der Waals surface area contributed by atoms with Crippen molar-refractivity contribution in [2.75, 3.05) is 13.1 Å². The maximum atomic E-state index is 13.2. The number of hydrogen-bond donors (Lipinski definition) is 1. The van der Waals surface area contributed by atoms with Crippen molar-refractivity contribution in [3.8, 4) is 0 Å². The number of nitrogens with zero attached hydrogens (tertiary/aromatic N) is 3. The minimum Gasteiger partial charge on any atom is -0.332 e. The predicted molar refractivity (Wildman–Crippen MR) is 122 cm³/mol. The van der Waals surface area contributed by atoms with E-state index in [1.165, 1.54) is 0 Å². The molecule has 5 rings (SSSR count). The lowest BCUT2D eigenvalue weighted by Gasteiger charge is -2.26. The Labute approximate surface area is 190 Å². The van der Waals surface area contributed by atoms with Crippen LogP contribution in [0.15, 0.2) is 48.5 Å². The average molecular weight is 449 g/mol. The van der Waals surface area contributed by atoms with Crippen LogP contribution >= 0.6 is 11.3 Å². The van der Waals surface area contributed by atoms with Gasteiger partial charge in [0.05, 0.1) is 16.3 Å². The third kappa shape index (κ3) is 3.35. The van der Waals surface area contributed by atoms with Gasteiger partial charge >= 0.3 is 6.03 Å². The van der Waals surface area contributed by atoms with E-state index < -0.39 is 17.5 Å². The Bertz CT molecular complexity index is 1190. The molecule has 2 aliphatic rings. The van der Waals surface area contributed by atoms with E-state index in [1.807, 2.05) is 55.5 Å². The van der Waals surface area contributed by atoms with Crippen LogP contribution in [0.3, 0.4) is 0 Å². The molecule has 0 bridgehead atoms. The quantitative estimate of drug-likeness (QED) is 0.617. The molecular weight excluding hydrogens is 424 g/mol. The lowest BCUT2D eigenvalue weighted by molar-refractivity contribution is -0.139. The minimum atomic E-state index is -1.18. The van der Waals surface area contributed by atoms with Crippen LogP contribution in [-0.4, -0.2) is 45.7 Å². The number of carbonyl (C=O) groups is 3. The SMILES string of the molecule is Cc1ccc(C2(C)NC(=O)N(CC(=O)N3CCCC3c3nc4ccccc4s3)C2=O)cc1. The number of thiazole rings is 1. The number of urea groups is 1. The first kappa shape index (κ1) is 20.6. The first-order valence-corrected chi connectivity index (χ1v) is 11.5. The number of fused-ring (bicyclic) bond motifs is 1. The van der Waals surface area contributed by atoms with Crippen molar-refractivity contribution in [1.82, 2.24) is 20.1 Å². The summed E-state index contributed by atoms with van der Waals surface area (Å²) in [5.74, 6) is -0.640. The van der Waals surface area contributed by atoms with Crippen LogP contribution in [0, 0.1) is 6.92 Å². The number of para-hydroxylation sites is 1. The van der Waals surface area contributed by atoms with Crippen molar-refractivity contribution in [3.63, 3.8) is 0 Å². The maximum Gasteiger partial charge on any atom is 0.325 e. The van der Waals surface area contributed by atoms with Crippen molar-refractivity contribution < 1.29 is 14.4 Å². The van der Waals surface area contributed by atoms with E-state index in [0.29, 0.717) is 12.1 Å². The van der Waals surface area contributed by atoms with Crippen LogP contribution in [0.25, 0.3) is 10.2 Å². The third-order valence-electron chi connectivity index (χ3n) is 6.37. The van der Waals surface area contributed by atoms with E-state index in [4.69, 9.17) is 4.98 Å². The number of benzene rings is 2. The topological polar surface area (TPSA) is 82.6 Å². The molecule has 3 heterocycles. The molecule has 2 fully saturated rings. The molecular formula is C24H24N4O3S. The van der Waals surface area contributed by atoms with Crippen LogP contribution in [0.2, 0.25) is 0 Å². The second-order valence-corrected chi connectivity index (χ2v) is 9.64. The average Bonchev–Trinajstić information content (AvgIpc) is 3.47. The zero-order chi connectivity index (χ0) is 22.5. The molecule has 7 nitrogen and oxygen atoms in total. The Morgan fingerprint density at radius 2 is 1.94 bits per heavy atom. The van der Waals surface area contributed by atoms with Crippen LogP contribution < -0.4 is 5.32 Å². The molecule has 4 amide bonds. The highest BCUT2D eigenvalue weighted by molar-refractivity contribution is 7.18. The molecule has 1 aromatic heterocycles. The monoisotopic (exact) mass is 448 g/mol. The Hall–Kier alpha value is -3.26. The molecule has 32 heavy (non-hydrogen) atoms. The first-order chi connectivity index (χ1) is 15.4. The lowest BCUT2D eigenvalue weighted by Crippen LogP contribution is -2.44. The summed E-state index contributed by atoms with van der Waals surface area (Å²) in [6, 6.07) is 14.7. The molecule has 2 saturated heterocycles. The van der Waals surface area contributed by atoms with Gasteiger partial charge in [0.1, 0.15) is 17.1 Å². The van der Waals surface area contributed by atoms with Crippen LogP contribution in [0.4, 0.5) is 4.79 Å². The molecule has 2 aromatic carbocycles. The van der Waals surface area contributed by atoms with E-state index in [9.17, 15) is 14.4 Å². The van der Waals surface area contributed by atoms with Gasteiger partial charge in [-0.05, 0) is 44.4 Å². The Kier molecular flexibility index (Phi) is 4.97. The predicted octanol–water partition coefficient (Wildman–Crippen LogP) is 3.74. The van der Waals surface area contributed by atoms with Gasteiger partial charge < -0.3 is 10.2 Å². The molecule has 164 valence electrons. The van der Waals surface area contributed by atoms with Crippen molar-refractivity contribution in [1.29, 1.82) is 0 Å². The summed E-state index contributed by atoms with van der Waals surface area (Å²) in [5.41, 5.74) is 1.51. The largest absolute Gasteiger partial charge is 0.332 e. The zero-order valence-electron chi connectivity index (χ0n) is 18.0. The van der Waals surface area contributed by atoms with E-state index in [1.54, 1.807) is 23.2 Å². The van der Waals surface area contributed by atoms with E-state index in [0.717, 1.165) is 38.5 Å². The fourth-order valence-electron chi connectivity index (χ4n) is 4.50. The van der Waals surface area contributed by atoms with Crippen LogP contribution in [0.1, 0.15) is 41.9 Å². The van der Waals surface area contributed by atoms with Gasteiger partial charge in [-0.15, -0.1) is 11.3 Å². The van der Waals surface area contributed by atoms with Crippen LogP contribution in [-0.2, 0) is 15.1 Å². The molecule has 0 saturated carbocycles. The number of aryl methyl sites for hydroxylation is 1. The van der Waals surface area contributed by atoms with Gasteiger partial charge in [-0.3, -0.25) is 14.5 Å². The number of nitrogens with one attached hydrogen (secondary N) is 1. The number of aromatic nitrogens is 1. The van der Waals surface area contributed by atoms with Crippen molar-refractivity contribution in [3.05, 3.63) is 64.7 Å². The summed E-state index contributed by atoms with van der Waals surface area (Å²) >= 11 is 1.59. The van der Waals surface area contributed by atoms with E-state index >= 15 is 0 Å². The van der Waals surface area contributed by atoms with Gasteiger partial charge in [-0.2, -0.15) is 0 Å². The molecule has 2 aliphatic heterocycles. The van der Waals surface area contributed by atoms with Gasteiger partial charge in [-0.25, -0.2) is 9.78 Å². The van der Waals surface area contributed by atoms with Crippen molar-refractivity contribution in [2.24, 2.45) is 0 Å². The number of hydrogen-bond acceptors (Lipinski definition) is 5. The maximum absolute atomic E-state index is 13.2. The molecule has 0 radical (unpaired) electrons. The van der Waals surface area contributed by atoms with E-state index in [-0.39, 0.29) is 18.5 Å². The van der Waals surface area contributed by atoms with Gasteiger partial charge in [-0.1, -0.05) is 42.0 Å². The fraction of sp³-hybridized carbons (Fsp3) is 0.333. The molecule has 0 spiro atoms. The number of carbonyl (C=O) groups excluding carboxylic acids is 3. The minimum absolute atomic E-state index is 0.121. The summed E-state index contributed by atoms with van der Waals surface area (Å²) < 4.78 is 1.09. The molecule has 3 aromatic rings. The number of imide groups is 1. The molecule has 8 heteroatoms. The third-order valence-corrected chi connectivity index (χ3v) is 7.50. The number of rotatable bonds is 4. The molecule has 2 unspecified atom stereocenters. The summed E-state index contributed by atoms with van der Waals surface area (Å²) in [6.07, 6.45) is 1.69. The van der Waals surface area contributed by atoms with Crippen molar-refractivity contribution in [2.45, 2.75) is 38.3 Å². The summed E-state index contributed by atoms with van der Waals surface area (Å²) in [4.78, 5) is 46.6. The Morgan fingerprint density at radius 3 is 2.69 bits per heavy atom. The van der Waals surface area contributed by atoms with Gasteiger partial charge in [0, 0.05) is 6.54 Å².